The van der Waals surface area contributed by atoms with Crippen LogP contribution >= 0.6 is 12.4 Å². The minimum atomic E-state index is -0.265. The van der Waals surface area contributed by atoms with Gasteiger partial charge in [-0.05, 0) is 31.2 Å². The second-order valence-electron chi connectivity index (χ2n) is 4.62. The van der Waals surface area contributed by atoms with E-state index < -0.39 is 0 Å². The van der Waals surface area contributed by atoms with Gasteiger partial charge in [-0.25, -0.2) is 0 Å². The summed E-state index contributed by atoms with van der Waals surface area (Å²) in [6.07, 6.45) is 0. The van der Waals surface area contributed by atoms with Crippen LogP contribution in [0.15, 0.2) is 24.3 Å². The van der Waals surface area contributed by atoms with E-state index in [0.717, 1.165) is 0 Å². The van der Waals surface area contributed by atoms with Gasteiger partial charge < -0.3 is 21.1 Å². The minimum absolute atomic E-state index is 0. The number of rotatable bonds is 6. The zero-order chi connectivity index (χ0) is 15.1. The molecule has 0 heterocycles. The summed E-state index contributed by atoms with van der Waals surface area (Å²) in [5, 5.41) is 5.24. The molecule has 0 bridgehead atoms. The lowest BCUT2D eigenvalue weighted by atomic mass is 10.0. The van der Waals surface area contributed by atoms with E-state index in [4.69, 9.17) is 10.5 Å². The maximum Gasteiger partial charge on any atom is 0.257 e. The Labute approximate surface area is 130 Å². The molecule has 0 fully saturated rings. The molecular weight excluding hydrogens is 294 g/mol. The van der Waals surface area contributed by atoms with E-state index in [9.17, 15) is 9.59 Å². The smallest absolute Gasteiger partial charge is 0.257 e. The third-order valence-corrected chi connectivity index (χ3v) is 2.97. The zero-order valence-electron chi connectivity index (χ0n) is 12.4. The summed E-state index contributed by atoms with van der Waals surface area (Å²) in [5.74, 6) is -0.0295. The maximum atomic E-state index is 11.8. The lowest BCUT2D eigenvalue weighted by molar-refractivity contribution is -0.122. The highest BCUT2D eigenvalue weighted by Gasteiger charge is 2.16. The Morgan fingerprint density at radius 3 is 2.29 bits per heavy atom. The Kier molecular flexibility index (Phi) is 8.42. The maximum absolute atomic E-state index is 11.8. The number of carbonyl (C=O) groups excluding carboxylic acids is 2. The second-order valence-corrected chi connectivity index (χ2v) is 4.62. The van der Waals surface area contributed by atoms with E-state index in [1.807, 2.05) is 0 Å². The van der Waals surface area contributed by atoms with Crippen molar-refractivity contribution in [2.75, 3.05) is 19.0 Å². The second kappa shape index (κ2) is 9.20. The highest BCUT2D eigenvalue weighted by Crippen LogP contribution is 2.16. The molecule has 0 saturated heterocycles. The van der Waals surface area contributed by atoms with E-state index in [-0.39, 0.29) is 42.8 Å². The van der Waals surface area contributed by atoms with Crippen LogP contribution in [0.1, 0.15) is 13.8 Å². The molecule has 0 aliphatic heterocycles. The van der Waals surface area contributed by atoms with E-state index in [2.05, 4.69) is 10.6 Å². The standard InChI is InChI=1S/C14H21N3O3.ClH/c1-9(10(2)15)14(19)17-11-4-6-12(7-5-11)20-8-13(18)16-3;/h4-7,9-10H,8,15H2,1-3H3,(H,16,18)(H,17,19);1H. The van der Waals surface area contributed by atoms with Crippen molar-refractivity contribution in [3.05, 3.63) is 24.3 Å². The summed E-state index contributed by atoms with van der Waals surface area (Å²) >= 11 is 0. The third-order valence-electron chi connectivity index (χ3n) is 2.97. The van der Waals surface area contributed by atoms with Crippen LogP contribution < -0.4 is 21.1 Å². The fourth-order valence-corrected chi connectivity index (χ4v) is 1.35. The van der Waals surface area contributed by atoms with Gasteiger partial charge in [0.05, 0.1) is 5.92 Å². The number of anilines is 1. The van der Waals surface area contributed by atoms with Crippen LogP contribution in [0.3, 0.4) is 0 Å². The van der Waals surface area contributed by atoms with Gasteiger partial charge in [-0.1, -0.05) is 6.92 Å². The molecule has 0 aromatic heterocycles. The van der Waals surface area contributed by atoms with Crippen molar-refractivity contribution in [1.29, 1.82) is 0 Å². The Bertz CT molecular complexity index is 463. The van der Waals surface area contributed by atoms with Crippen LogP contribution in [-0.2, 0) is 9.59 Å². The predicted molar refractivity (Wildman–Crippen MR) is 84.7 cm³/mol. The van der Waals surface area contributed by atoms with Crippen LogP contribution in [0.25, 0.3) is 0 Å². The van der Waals surface area contributed by atoms with Crippen LogP contribution in [0.5, 0.6) is 5.75 Å². The number of benzene rings is 1. The topological polar surface area (TPSA) is 93.5 Å². The van der Waals surface area contributed by atoms with E-state index in [0.29, 0.717) is 11.4 Å². The normalized spacial score (nSPS) is 12.6. The predicted octanol–water partition coefficient (Wildman–Crippen LogP) is 1.15. The molecule has 4 N–H and O–H groups in total. The van der Waals surface area contributed by atoms with E-state index in [1.54, 1.807) is 45.2 Å². The lowest BCUT2D eigenvalue weighted by Crippen LogP contribution is -2.34. The van der Waals surface area contributed by atoms with E-state index in [1.165, 1.54) is 0 Å². The average Bonchev–Trinajstić information content (AvgIpc) is 2.45. The highest BCUT2D eigenvalue weighted by atomic mass is 35.5. The molecule has 0 spiro atoms. The van der Waals surface area contributed by atoms with Crippen molar-refractivity contribution < 1.29 is 14.3 Å². The lowest BCUT2D eigenvalue weighted by Gasteiger charge is -2.15. The van der Waals surface area contributed by atoms with Gasteiger partial charge in [0.15, 0.2) is 6.61 Å². The van der Waals surface area contributed by atoms with Crippen molar-refractivity contribution in [1.82, 2.24) is 5.32 Å². The minimum Gasteiger partial charge on any atom is -0.484 e. The summed E-state index contributed by atoms with van der Waals surface area (Å²) < 4.78 is 5.26. The first-order chi connectivity index (χ1) is 9.43. The highest BCUT2D eigenvalue weighted by molar-refractivity contribution is 5.92. The monoisotopic (exact) mass is 315 g/mol. The SMILES string of the molecule is CNC(=O)COc1ccc(NC(=O)C(C)C(C)N)cc1.Cl. The number of nitrogens with one attached hydrogen (secondary N) is 2. The summed E-state index contributed by atoms with van der Waals surface area (Å²) in [4.78, 5) is 22.8. The van der Waals surface area contributed by atoms with Gasteiger partial charge in [0.2, 0.25) is 5.91 Å². The Hall–Kier alpha value is -1.79. The number of ether oxygens (including phenoxy) is 1. The number of carbonyl (C=O) groups is 2. The molecule has 0 saturated carbocycles. The molecule has 21 heavy (non-hydrogen) atoms. The van der Waals surface area contributed by atoms with Gasteiger partial charge in [0.1, 0.15) is 5.75 Å². The van der Waals surface area contributed by atoms with Gasteiger partial charge in [-0.3, -0.25) is 9.59 Å². The average molecular weight is 316 g/mol. The van der Waals surface area contributed by atoms with Gasteiger partial charge >= 0.3 is 0 Å². The fraction of sp³-hybridized carbons (Fsp3) is 0.429. The molecule has 2 amide bonds. The molecule has 7 heteroatoms. The van der Waals surface area contributed by atoms with Crippen molar-refractivity contribution in [3.8, 4) is 5.75 Å². The molecule has 6 nitrogen and oxygen atoms in total. The molecule has 0 radical (unpaired) electrons. The molecule has 1 rings (SSSR count). The number of halogens is 1. The van der Waals surface area contributed by atoms with Crippen molar-refractivity contribution in [2.24, 2.45) is 11.7 Å². The molecular formula is C14H22ClN3O3. The Morgan fingerprint density at radius 1 is 1.24 bits per heavy atom. The molecule has 2 unspecified atom stereocenters. The third kappa shape index (κ3) is 6.46. The van der Waals surface area contributed by atoms with Crippen LogP contribution in [0, 0.1) is 5.92 Å². The summed E-state index contributed by atoms with van der Waals surface area (Å²) in [6, 6.07) is 6.60. The van der Waals surface area contributed by atoms with Crippen molar-refractivity contribution in [2.45, 2.75) is 19.9 Å². The number of likely N-dealkylation sites (N-methyl/N-ethyl adjacent to an activating group) is 1. The van der Waals surface area contributed by atoms with Crippen molar-refractivity contribution >= 4 is 29.9 Å². The number of amides is 2. The molecule has 0 aliphatic rings. The van der Waals surface area contributed by atoms with Gasteiger partial charge in [-0.2, -0.15) is 0 Å². The molecule has 1 aromatic rings. The summed E-state index contributed by atoms with van der Waals surface area (Å²) in [7, 11) is 1.55. The number of hydrogen-bond donors (Lipinski definition) is 3. The van der Waals surface area contributed by atoms with Crippen LogP contribution in [0.2, 0.25) is 0 Å². The molecule has 118 valence electrons. The van der Waals surface area contributed by atoms with Gasteiger partial charge in [0, 0.05) is 18.8 Å². The Balaban J connectivity index is 0.00000400. The first kappa shape index (κ1) is 19.2. The zero-order valence-corrected chi connectivity index (χ0v) is 13.2. The van der Waals surface area contributed by atoms with E-state index >= 15 is 0 Å². The van der Waals surface area contributed by atoms with Crippen molar-refractivity contribution in [3.63, 3.8) is 0 Å². The first-order valence-corrected chi connectivity index (χ1v) is 6.44. The fourth-order valence-electron chi connectivity index (χ4n) is 1.35. The number of nitrogens with two attached hydrogens (primary N) is 1. The first-order valence-electron chi connectivity index (χ1n) is 6.44. The van der Waals surface area contributed by atoms with Gasteiger partial charge in [-0.15, -0.1) is 12.4 Å². The molecule has 1 aromatic carbocycles. The number of hydrogen-bond acceptors (Lipinski definition) is 4. The molecule has 2 atom stereocenters. The van der Waals surface area contributed by atoms with Crippen LogP contribution in [0.4, 0.5) is 5.69 Å². The largest absolute Gasteiger partial charge is 0.484 e. The summed E-state index contributed by atoms with van der Waals surface area (Å²) in [6.45, 7) is 3.53. The Morgan fingerprint density at radius 2 is 1.81 bits per heavy atom. The molecule has 0 aliphatic carbocycles. The van der Waals surface area contributed by atoms with Gasteiger partial charge in [0.25, 0.3) is 5.91 Å². The summed E-state index contributed by atoms with van der Waals surface area (Å²) in [5.41, 5.74) is 6.34. The quantitative estimate of drug-likeness (QED) is 0.734. The van der Waals surface area contributed by atoms with Crippen LogP contribution in [-0.4, -0.2) is 31.5 Å².